The van der Waals surface area contributed by atoms with Crippen molar-refractivity contribution in [1.29, 1.82) is 0 Å². The Kier molecular flexibility index (Phi) is 5.29. The van der Waals surface area contributed by atoms with Crippen molar-refractivity contribution in [2.45, 2.75) is 39.1 Å². The summed E-state index contributed by atoms with van der Waals surface area (Å²) in [6.07, 6.45) is 0.420. The molecule has 0 bridgehead atoms. The topological polar surface area (TPSA) is 38.7 Å². The average molecular weight is 224 g/mol. The molecule has 1 N–H and O–H groups in total. The third kappa shape index (κ3) is 4.64. The van der Waals surface area contributed by atoms with Gasteiger partial charge in [0.2, 0.25) is 0 Å². The number of aliphatic hydroxyl groups excluding tert-OH is 1. The van der Waals surface area contributed by atoms with Crippen LogP contribution < -0.4 is 4.74 Å². The number of rotatable bonds is 6. The predicted octanol–water partition coefficient (Wildman–Crippen LogP) is 2.37. The van der Waals surface area contributed by atoms with Crippen molar-refractivity contribution < 1.29 is 14.6 Å². The molecular weight excluding hydrogens is 204 g/mol. The van der Waals surface area contributed by atoms with Crippen LogP contribution in [0.15, 0.2) is 24.3 Å². The van der Waals surface area contributed by atoms with E-state index in [0.717, 1.165) is 11.3 Å². The lowest BCUT2D eigenvalue weighted by molar-refractivity contribution is 0.0191. The van der Waals surface area contributed by atoms with E-state index in [0.29, 0.717) is 13.0 Å². The summed E-state index contributed by atoms with van der Waals surface area (Å²) in [6, 6.07) is 7.79. The Morgan fingerprint density at radius 2 is 1.81 bits per heavy atom. The molecule has 0 fully saturated rings. The third-order valence-corrected chi connectivity index (χ3v) is 2.37. The molecule has 90 valence electrons. The van der Waals surface area contributed by atoms with E-state index in [4.69, 9.17) is 9.47 Å². The molecule has 0 amide bonds. The van der Waals surface area contributed by atoms with Gasteiger partial charge in [0.25, 0.3) is 0 Å². The molecule has 1 aromatic rings. The van der Waals surface area contributed by atoms with Crippen LogP contribution >= 0.6 is 0 Å². The molecule has 1 aromatic carbocycles. The van der Waals surface area contributed by atoms with Crippen LogP contribution in [0.4, 0.5) is 0 Å². The van der Waals surface area contributed by atoms with Crippen molar-refractivity contribution in [2.24, 2.45) is 0 Å². The van der Waals surface area contributed by atoms with E-state index in [-0.39, 0.29) is 12.2 Å². The van der Waals surface area contributed by atoms with E-state index in [1.807, 2.05) is 31.2 Å². The van der Waals surface area contributed by atoms with Crippen LogP contribution in [-0.2, 0) is 11.3 Å². The summed E-state index contributed by atoms with van der Waals surface area (Å²) in [4.78, 5) is 0. The van der Waals surface area contributed by atoms with E-state index in [1.54, 1.807) is 14.0 Å². The van der Waals surface area contributed by atoms with Gasteiger partial charge in [-0.2, -0.15) is 0 Å². The second-order valence-electron chi connectivity index (χ2n) is 4.05. The lowest BCUT2D eigenvalue weighted by atomic mass is 10.2. The fourth-order valence-electron chi connectivity index (χ4n) is 1.51. The van der Waals surface area contributed by atoms with Gasteiger partial charge in [0.15, 0.2) is 0 Å². The van der Waals surface area contributed by atoms with Gasteiger partial charge in [-0.15, -0.1) is 0 Å². The highest BCUT2D eigenvalue weighted by Gasteiger charge is 2.06. The molecule has 0 saturated carbocycles. The van der Waals surface area contributed by atoms with Gasteiger partial charge >= 0.3 is 0 Å². The van der Waals surface area contributed by atoms with E-state index < -0.39 is 0 Å². The van der Waals surface area contributed by atoms with Crippen LogP contribution in [-0.4, -0.2) is 24.4 Å². The van der Waals surface area contributed by atoms with E-state index >= 15 is 0 Å². The SMILES string of the molecule is COc1ccc(COC(C)CC(C)O)cc1. The minimum absolute atomic E-state index is 0.0714. The summed E-state index contributed by atoms with van der Waals surface area (Å²) in [6.45, 7) is 4.31. The first-order chi connectivity index (χ1) is 7.61. The largest absolute Gasteiger partial charge is 0.497 e. The zero-order valence-electron chi connectivity index (χ0n) is 10.1. The van der Waals surface area contributed by atoms with Gasteiger partial charge < -0.3 is 14.6 Å². The van der Waals surface area contributed by atoms with Gasteiger partial charge in [0.05, 0.1) is 25.9 Å². The molecule has 16 heavy (non-hydrogen) atoms. The molecule has 0 heterocycles. The second kappa shape index (κ2) is 6.51. The second-order valence-corrected chi connectivity index (χ2v) is 4.05. The van der Waals surface area contributed by atoms with Gasteiger partial charge in [-0.05, 0) is 38.0 Å². The molecule has 2 atom stereocenters. The van der Waals surface area contributed by atoms with Crippen molar-refractivity contribution in [3.63, 3.8) is 0 Å². The molecule has 3 nitrogen and oxygen atoms in total. The van der Waals surface area contributed by atoms with Crippen LogP contribution in [0, 0.1) is 0 Å². The van der Waals surface area contributed by atoms with Gasteiger partial charge in [-0.25, -0.2) is 0 Å². The third-order valence-electron chi connectivity index (χ3n) is 2.37. The highest BCUT2D eigenvalue weighted by molar-refractivity contribution is 5.26. The standard InChI is InChI=1S/C13H20O3/c1-10(14)8-11(2)16-9-12-4-6-13(15-3)7-5-12/h4-7,10-11,14H,8-9H2,1-3H3. The Balaban J connectivity index is 2.36. The van der Waals surface area contributed by atoms with E-state index in [1.165, 1.54) is 0 Å². The Labute approximate surface area is 97.0 Å². The number of methoxy groups -OCH3 is 1. The number of hydrogen-bond donors (Lipinski definition) is 1. The van der Waals surface area contributed by atoms with E-state index in [9.17, 15) is 5.11 Å². The summed E-state index contributed by atoms with van der Waals surface area (Å²) in [5.74, 6) is 0.848. The number of hydrogen-bond acceptors (Lipinski definition) is 3. The minimum atomic E-state index is -0.314. The quantitative estimate of drug-likeness (QED) is 0.806. The van der Waals surface area contributed by atoms with Gasteiger partial charge in [0.1, 0.15) is 5.75 Å². The molecule has 0 aliphatic carbocycles. The van der Waals surface area contributed by atoms with E-state index in [2.05, 4.69) is 0 Å². The Bertz CT molecular complexity index is 293. The molecule has 2 unspecified atom stereocenters. The first-order valence-corrected chi connectivity index (χ1v) is 5.54. The minimum Gasteiger partial charge on any atom is -0.497 e. The van der Waals surface area contributed by atoms with Gasteiger partial charge in [-0.3, -0.25) is 0 Å². The highest BCUT2D eigenvalue weighted by Crippen LogP contribution is 2.13. The summed E-state index contributed by atoms with van der Waals surface area (Å²) >= 11 is 0. The molecule has 3 heteroatoms. The zero-order valence-corrected chi connectivity index (χ0v) is 10.1. The van der Waals surface area contributed by atoms with Crippen LogP contribution in [0.5, 0.6) is 5.75 Å². The van der Waals surface area contributed by atoms with Crippen molar-refractivity contribution >= 4 is 0 Å². The number of aliphatic hydroxyl groups is 1. The van der Waals surface area contributed by atoms with Gasteiger partial charge in [0, 0.05) is 0 Å². The van der Waals surface area contributed by atoms with Crippen LogP contribution in [0.2, 0.25) is 0 Å². The lowest BCUT2D eigenvalue weighted by Gasteiger charge is -2.14. The first-order valence-electron chi connectivity index (χ1n) is 5.54. The molecule has 0 aliphatic rings. The normalized spacial score (nSPS) is 14.5. The van der Waals surface area contributed by atoms with Crippen molar-refractivity contribution in [3.8, 4) is 5.75 Å². The molecular formula is C13H20O3. The van der Waals surface area contributed by atoms with Crippen LogP contribution in [0.1, 0.15) is 25.8 Å². The summed E-state index contributed by atoms with van der Waals surface area (Å²) in [7, 11) is 1.65. The average Bonchev–Trinajstić information content (AvgIpc) is 2.26. The molecule has 0 aliphatic heterocycles. The fourth-order valence-corrected chi connectivity index (χ4v) is 1.51. The molecule has 0 saturated heterocycles. The summed E-state index contributed by atoms with van der Waals surface area (Å²) < 4.78 is 10.7. The van der Waals surface area contributed by atoms with Crippen LogP contribution in [0.25, 0.3) is 0 Å². The van der Waals surface area contributed by atoms with Crippen molar-refractivity contribution in [2.75, 3.05) is 7.11 Å². The Morgan fingerprint density at radius 3 is 2.31 bits per heavy atom. The van der Waals surface area contributed by atoms with Crippen molar-refractivity contribution in [3.05, 3.63) is 29.8 Å². The smallest absolute Gasteiger partial charge is 0.118 e. The molecule has 0 spiro atoms. The van der Waals surface area contributed by atoms with Crippen LogP contribution in [0.3, 0.4) is 0 Å². The maximum absolute atomic E-state index is 9.19. The van der Waals surface area contributed by atoms with Crippen molar-refractivity contribution in [1.82, 2.24) is 0 Å². The highest BCUT2D eigenvalue weighted by atomic mass is 16.5. The first kappa shape index (κ1) is 13.0. The summed E-state index contributed by atoms with van der Waals surface area (Å²) in [5.41, 5.74) is 1.11. The maximum Gasteiger partial charge on any atom is 0.118 e. The predicted molar refractivity (Wildman–Crippen MR) is 63.5 cm³/mol. The number of benzene rings is 1. The molecule has 1 rings (SSSR count). The maximum atomic E-state index is 9.19. The lowest BCUT2D eigenvalue weighted by Crippen LogP contribution is -2.15. The zero-order chi connectivity index (χ0) is 12.0. The molecule has 0 aromatic heterocycles. The fraction of sp³-hybridized carbons (Fsp3) is 0.538. The number of ether oxygens (including phenoxy) is 2. The summed E-state index contributed by atoms with van der Waals surface area (Å²) in [5, 5.41) is 9.19. The Morgan fingerprint density at radius 1 is 1.19 bits per heavy atom. The molecule has 0 radical (unpaired) electrons. The monoisotopic (exact) mass is 224 g/mol. The van der Waals surface area contributed by atoms with Gasteiger partial charge in [-0.1, -0.05) is 12.1 Å². The Hall–Kier alpha value is -1.06.